The van der Waals surface area contributed by atoms with Gasteiger partial charge in [-0.25, -0.2) is 8.78 Å². The molecule has 0 heterocycles. The molecule has 0 saturated heterocycles. The summed E-state index contributed by atoms with van der Waals surface area (Å²) in [6.07, 6.45) is 4.73. The summed E-state index contributed by atoms with van der Waals surface area (Å²) in [4.78, 5) is 0. The summed E-state index contributed by atoms with van der Waals surface area (Å²) in [6, 6.07) is 4.38. The summed E-state index contributed by atoms with van der Waals surface area (Å²) < 4.78 is 26.5. The van der Waals surface area contributed by atoms with Gasteiger partial charge in [0, 0.05) is 5.38 Å². The van der Waals surface area contributed by atoms with Gasteiger partial charge in [-0.15, -0.1) is 11.6 Å². The molecule has 0 amide bonds. The van der Waals surface area contributed by atoms with Gasteiger partial charge in [0.05, 0.1) is 0 Å². The van der Waals surface area contributed by atoms with E-state index in [0.29, 0.717) is 17.9 Å². The average molecular weight is 245 g/mol. The van der Waals surface area contributed by atoms with Crippen LogP contribution in [0.25, 0.3) is 0 Å². The fourth-order valence-electron chi connectivity index (χ4n) is 2.43. The zero-order chi connectivity index (χ0) is 11.5. The van der Waals surface area contributed by atoms with Crippen LogP contribution < -0.4 is 0 Å². The summed E-state index contributed by atoms with van der Waals surface area (Å²) in [5.41, 5.74) is 0.482. The lowest BCUT2D eigenvalue weighted by atomic mass is 9.84. The van der Waals surface area contributed by atoms with Crippen LogP contribution >= 0.6 is 11.6 Å². The van der Waals surface area contributed by atoms with E-state index in [4.69, 9.17) is 11.6 Å². The highest BCUT2D eigenvalue weighted by Crippen LogP contribution is 2.30. The largest absolute Gasteiger partial charge is 0.204 e. The highest BCUT2D eigenvalue weighted by atomic mass is 35.5. The van der Waals surface area contributed by atoms with Crippen molar-refractivity contribution in [2.75, 3.05) is 0 Å². The van der Waals surface area contributed by atoms with Crippen molar-refractivity contribution < 1.29 is 8.78 Å². The maximum absolute atomic E-state index is 13.4. The third-order valence-corrected chi connectivity index (χ3v) is 3.66. The molecule has 0 bridgehead atoms. The average Bonchev–Trinajstić information content (AvgIpc) is 2.25. The van der Waals surface area contributed by atoms with Crippen LogP contribution in [0.15, 0.2) is 18.2 Å². The molecule has 2 rings (SSSR count). The lowest BCUT2D eigenvalue weighted by Gasteiger charge is -2.25. The first-order valence-electron chi connectivity index (χ1n) is 5.73. The monoisotopic (exact) mass is 244 g/mol. The van der Waals surface area contributed by atoms with Gasteiger partial charge >= 0.3 is 0 Å². The van der Waals surface area contributed by atoms with Crippen molar-refractivity contribution in [3.8, 4) is 0 Å². The van der Waals surface area contributed by atoms with Crippen LogP contribution in [0.3, 0.4) is 0 Å². The van der Waals surface area contributed by atoms with E-state index in [1.807, 2.05) is 0 Å². The molecule has 16 heavy (non-hydrogen) atoms. The topological polar surface area (TPSA) is 0 Å². The Bertz CT molecular complexity index is 365. The lowest BCUT2D eigenvalue weighted by molar-refractivity contribution is 0.355. The van der Waals surface area contributed by atoms with Crippen molar-refractivity contribution in [1.29, 1.82) is 0 Å². The summed E-state index contributed by atoms with van der Waals surface area (Å²) in [5, 5.41) is 0.204. The van der Waals surface area contributed by atoms with Crippen molar-refractivity contribution in [2.24, 2.45) is 5.92 Å². The molecule has 2 unspecified atom stereocenters. The minimum absolute atomic E-state index is 0.204. The number of hydrogen-bond donors (Lipinski definition) is 0. The van der Waals surface area contributed by atoms with Gasteiger partial charge in [0.15, 0.2) is 11.6 Å². The van der Waals surface area contributed by atoms with E-state index in [2.05, 4.69) is 0 Å². The Morgan fingerprint density at radius 2 is 2.06 bits per heavy atom. The van der Waals surface area contributed by atoms with E-state index < -0.39 is 11.6 Å². The Labute approximate surface area is 99.6 Å². The van der Waals surface area contributed by atoms with Gasteiger partial charge in [0.2, 0.25) is 0 Å². The van der Waals surface area contributed by atoms with Crippen molar-refractivity contribution >= 4 is 11.6 Å². The second-order valence-electron chi connectivity index (χ2n) is 4.55. The fraction of sp³-hybridized carbons (Fsp3) is 0.538. The Balaban J connectivity index is 2.05. The smallest absolute Gasteiger partial charge is 0.162 e. The predicted octanol–water partition coefficient (Wildman–Crippen LogP) is 4.30. The van der Waals surface area contributed by atoms with Gasteiger partial charge < -0.3 is 0 Å². The number of rotatable bonds is 2. The van der Waals surface area contributed by atoms with E-state index in [9.17, 15) is 8.78 Å². The third kappa shape index (κ3) is 2.73. The van der Waals surface area contributed by atoms with E-state index in [0.717, 1.165) is 31.7 Å². The Morgan fingerprint density at radius 3 is 2.81 bits per heavy atom. The van der Waals surface area contributed by atoms with Gasteiger partial charge in [0.25, 0.3) is 0 Å². The molecular formula is C13H15ClF2. The second kappa shape index (κ2) is 5.13. The molecule has 0 aliphatic heterocycles. The molecular weight excluding hydrogens is 230 g/mol. The molecule has 0 nitrogen and oxygen atoms in total. The number of alkyl halides is 1. The number of hydrogen-bond acceptors (Lipinski definition) is 0. The van der Waals surface area contributed by atoms with E-state index in [1.165, 1.54) is 0 Å². The molecule has 0 N–H and O–H groups in total. The Hall–Kier alpha value is -0.630. The van der Waals surface area contributed by atoms with Crippen LogP contribution in [-0.4, -0.2) is 5.38 Å². The van der Waals surface area contributed by atoms with Crippen LogP contribution in [0.2, 0.25) is 0 Å². The summed E-state index contributed by atoms with van der Waals surface area (Å²) in [7, 11) is 0. The summed E-state index contributed by atoms with van der Waals surface area (Å²) in [6.45, 7) is 0. The highest BCUT2D eigenvalue weighted by molar-refractivity contribution is 6.20. The molecule has 1 fully saturated rings. The standard InChI is InChI=1S/C13H15ClF2/c14-11-5-1-3-9(8-11)7-10-4-2-6-12(15)13(10)16/h2,4,6,9,11H,1,3,5,7-8H2. The lowest BCUT2D eigenvalue weighted by Crippen LogP contribution is -2.18. The molecule has 88 valence electrons. The molecule has 1 aliphatic rings. The maximum atomic E-state index is 13.4. The minimum atomic E-state index is -0.754. The van der Waals surface area contributed by atoms with Crippen LogP contribution in [0.5, 0.6) is 0 Å². The van der Waals surface area contributed by atoms with Gasteiger partial charge in [-0.3, -0.25) is 0 Å². The number of halogens is 3. The Kier molecular flexibility index (Phi) is 3.80. The maximum Gasteiger partial charge on any atom is 0.162 e. The summed E-state index contributed by atoms with van der Waals surface area (Å²) >= 11 is 6.08. The zero-order valence-corrected chi connectivity index (χ0v) is 9.81. The highest BCUT2D eigenvalue weighted by Gasteiger charge is 2.21. The molecule has 0 aromatic heterocycles. The van der Waals surface area contributed by atoms with Crippen LogP contribution in [0, 0.1) is 17.6 Å². The first-order valence-corrected chi connectivity index (χ1v) is 6.17. The fourth-order valence-corrected chi connectivity index (χ4v) is 2.83. The molecule has 0 radical (unpaired) electrons. The molecule has 1 saturated carbocycles. The van der Waals surface area contributed by atoms with Crippen molar-refractivity contribution in [3.05, 3.63) is 35.4 Å². The Morgan fingerprint density at radius 1 is 1.25 bits per heavy atom. The normalized spacial score (nSPS) is 25.7. The zero-order valence-electron chi connectivity index (χ0n) is 9.06. The third-order valence-electron chi connectivity index (χ3n) is 3.26. The number of benzene rings is 1. The van der Waals surface area contributed by atoms with Crippen molar-refractivity contribution in [2.45, 2.75) is 37.5 Å². The van der Waals surface area contributed by atoms with E-state index >= 15 is 0 Å². The quantitative estimate of drug-likeness (QED) is 0.681. The molecule has 2 atom stereocenters. The van der Waals surface area contributed by atoms with Crippen LogP contribution in [-0.2, 0) is 6.42 Å². The molecule has 3 heteroatoms. The van der Waals surface area contributed by atoms with Gasteiger partial charge in [-0.2, -0.15) is 0 Å². The van der Waals surface area contributed by atoms with Crippen molar-refractivity contribution in [3.63, 3.8) is 0 Å². The molecule has 1 aliphatic carbocycles. The van der Waals surface area contributed by atoms with Crippen molar-refractivity contribution in [1.82, 2.24) is 0 Å². The van der Waals surface area contributed by atoms with E-state index in [-0.39, 0.29) is 5.38 Å². The molecule has 0 spiro atoms. The second-order valence-corrected chi connectivity index (χ2v) is 5.16. The van der Waals surface area contributed by atoms with Crippen LogP contribution in [0.4, 0.5) is 8.78 Å². The van der Waals surface area contributed by atoms with Crippen LogP contribution in [0.1, 0.15) is 31.2 Å². The summed E-state index contributed by atoms with van der Waals surface area (Å²) in [5.74, 6) is -1.05. The first kappa shape index (κ1) is 11.8. The van der Waals surface area contributed by atoms with Gasteiger partial charge in [-0.1, -0.05) is 25.0 Å². The molecule has 1 aromatic carbocycles. The van der Waals surface area contributed by atoms with Gasteiger partial charge in [0.1, 0.15) is 0 Å². The van der Waals surface area contributed by atoms with Gasteiger partial charge in [-0.05, 0) is 36.8 Å². The molecule has 1 aromatic rings. The first-order chi connectivity index (χ1) is 7.66. The van der Waals surface area contributed by atoms with E-state index in [1.54, 1.807) is 12.1 Å². The predicted molar refractivity (Wildman–Crippen MR) is 61.7 cm³/mol. The SMILES string of the molecule is Fc1cccc(CC2CCCC(Cl)C2)c1F. The minimum Gasteiger partial charge on any atom is -0.204 e.